The van der Waals surface area contributed by atoms with Gasteiger partial charge in [0.15, 0.2) is 0 Å². The molecule has 0 heterocycles. The van der Waals surface area contributed by atoms with Crippen molar-refractivity contribution >= 4 is 0 Å². The van der Waals surface area contributed by atoms with Gasteiger partial charge in [0.05, 0.1) is 0 Å². The van der Waals surface area contributed by atoms with E-state index < -0.39 is 77.0 Å². The van der Waals surface area contributed by atoms with Crippen molar-refractivity contribution < 1.29 is 34.3 Å². The van der Waals surface area contributed by atoms with Crippen LogP contribution in [0.2, 0.25) is 0 Å². The molecule has 13 heavy (non-hydrogen) atoms. The van der Waals surface area contributed by atoms with Crippen LogP contribution in [0.5, 0.6) is 0 Å². The Hall–Kier alpha value is 0. The zero-order valence-electron chi connectivity index (χ0n) is 32.0. The van der Waals surface area contributed by atoms with Gasteiger partial charge in [0, 0.05) is 34.3 Å². The SMILES string of the molecule is [2H]C([2H])([2H])C([2H])([2H])C([2H])([2H])C([2H])([2H])C([2H])([2H])C([2H])([2H])C([2H])([2H])C([2H])([2H])C([2H])([2H])C([2H])([2H])C([2H])([2H])C([2H])([2H])C. The first kappa shape index (κ1) is 1.37. The highest BCUT2D eigenvalue weighted by atomic mass is 14.0. The molecule has 80 valence electrons. The Morgan fingerprint density at radius 2 is 1.08 bits per heavy atom. The van der Waals surface area contributed by atoms with E-state index in [9.17, 15) is 0 Å². The number of hydrogen-bond donors (Lipinski definition) is 0. The molecule has 0 rings (SSSR count). The van der Waals surface area contributed by atoms with E-state index >= 15 is 0 Å². The quantitative estimate of drug-likeness (QED) is 0.457. The lowest BCUT2D eigenvalue weighted by atomic mass is 10.1. The van der Waals surface area contributed by atoms with Crippen molar-refractivity contribution in [3.63, 3.8) is 0 Å². The fraction of sp³-hybridized carbons (Fsp3) is 1.00. The van der Waals surface area contributed by atoms with E-state index in [4.69, 9.17) is 34.3 Å². The molecule has 0 amide bonds. The number of rotatable bonds is 10. The van der Waals surface area contributed by atoms with E-state index in [2.05, 4.69) is 0 Å². The van der Waals surface area contributed by atoms with Gasteiger partial charge in [-0.25, -0.2) is 0 Å². The molecule has 0 aromatic rings. The minimum atomic E-state index is -4.76. The zero-order chi connectivity index (χ0) is 32.0. The molecule has 0 aromatic heterocycles. The Labute approximate surface area is 120 Å². The van der Waals surface area contributed by atoms with Crippen LogP contribution in [0, 0.1) is 0 Å². The predicted octanol–water partition coefficient (Wildman–Crippen LogP) is 5.32. The molecule has 0 aliphatic rings. The van der Waals surface area contributed by atoms with Crippen LogP contribution < -0.4 is 0 Å². The average Bonchev–Trinajstić information content (AvgIpc) is 2.64. The fourth-order valence-electron chi connectivity index (χ4n) is 0.312. The highest BCUT2D eigenvalue weighted by molar-refractivity contribution is 4.46. The Bertz CT molecular complexity index is 793. The predicted molar refractivity (Wildman–Crippen MR) is 62.1 cm³/mol. The highest BCUT2D eigenvalue weighted by Gasteiger charge is 1.90. The molecule has 0 aliphatic carbocycles. The molecule has 0 N–H and O–H groups in total. The van der Waals surface area contributed by atoms with Gasteiger partial charge >= 0.3 is 0 Å². The topological polar surface area (TPSA) is 0 Å². The van der Waals surface area contributed by atoms with E-state index in [1.807, 2.05) is 0 Å². The van der Waals surface area contributed by atoms with Crippen LogP contribution in [0.4, 0.5) is 0 Å². The van der Waals surface area contributed by atoms with Gasteiger partial charge in [-0.05, 0) is 0 Å². The lowest BCUT2D eigenvalue weighted by Crippen LogP contribution is -1.80. The van der Waals surface area contributed by atoms with Gasteiger partial charge in [-0.1, -0.05) is 83.9 Å². The van der Waals surface area contributed by atoms with Crippen LogP contribution in [0.15, 0.2) is 0 Å². The minimum Gasteiger partial charge on any atom is -0.0654 e. The monoisotopic (exact) mass is 209 g/mol. The summed E-state index contributed by atoms with van der Waals surface area (Å²) in [4.78, 5) is 0. The van der Waals surface area contributed by atoms with Gasteiger partial charge in [0.1, 0.15) is 0 Å². The van der Waals surface area contributed by atoms with E-state index in [1.54, 1.807) is 0 Å². The molecule has 0 aliphatic heterocycles. The second-order valence-electron chi connectivity index (χ2n) is 1.50. The molecule has 0 bridgehead atoms. The van der Waals surface area contributed by atoms with Crippen molar-refractivity contribution in [2.45, 2.75) is 83.9 Å². The van der Waals surface area contributed by atoms with Gasteiger partial charge in [0.25, 0.3) is 0 Å². The maximum atomic E-state index is 8.01. The van der Waals surface area contributed by atoms with Crippen LogP contribution in [0.25, 0.3) is 0 Å². The van der Waals surface area contributed by atoms with Gasteiger partial charge in [-0.15, -0.1) is 0 Å². The van der Waals surface area contributed by atoms with E-state index in [-0.39, 0.29) is 0 Å². The van der Waals surface area contributed by atoms with Crippen LogP contribution >= 0.6 is 0 Å². The summed E-state index contributed by atoms with van der Waals surface area (Å²) in [5, 5.41) is 0. The molecule has 0 atom stereocenters. The van der Waals surface area contributed by atoms with E-state index in [0.717, 1.165) is 0 Å². The summed E-state index contributed by atoms with van der Waals surface area (Å²) in [5.41, 5.74) is 0. The normalized spacial score (nSPS) is 52.2. The molecule has 0 spiro atoms. The van der Waals surface area contributed by atoms with Crippen molar-refractivity contribution in [3.8, 4) is 0 Å². The minimum absolute atomic E-state index is 0.457. The molecule has 0 nitrogen and oxygen atoms in total. The maximum absolute atomic E-state index is 8.01. The maximum Gasteiger partial charge on any atom is 0.0267 e. The second kappa shape index (κ2) is 12.0. The van der Waals surface area contributed by atoms with Crippen LogP contribution in [0.1, 0.15) is 118 Å². The molecule has 0 saturated heterocycles. The molecule has 0 radical (unpaired) electrons. The van der Waals surface area contributed by atoms with Crippen molar-refractivity contribution in [1.82, 2.24) is 0 Å². The third kappa shape index (κ3) is 12.0. The fourth-order valence-corrected chi connectivity index (χ4v) is 0.312. The molecule has 0 fully saturated rings. The van der Waals surface area contributed by atoms with Crippen LogP contribution in [0.3, 0.4) is 0 Å². The molecule has 0 heteroatoms. The second-order valence-corrected chi connectivity index (χ2v) is 1.50. The Morgan fingerprint density at radius 3 is 1.46 bits per heavy atom. The summed E-state index contributed by atoms with van der Waals surface area (Å²) in [5.74, 6) is 0. The molecule has 0 saturated carbocycles. The van der Waals surface area contributed by atoms with Crippen LogP contribution in [-0.2, 0) is 0 Å². The van der Waals surface area contributed by atoms with E-state index in [0.29, 0.717) is 6.92 Å². The smallest absolute Gasteiger partial charge is 0.0267 e. The van der Waals surface area contributed by atoms with Gasteiger partial charge < -0.3 is 0 Å². The van der Waals surface area contributed by atoms with E-state index in [1.165, 1.54) is 0 Å². The summed E-state index contributed by atoms with van der Waals surface area (Å²) in [7, 11) is 0. The summed E-state index contributed by atoms with van der Waals surface area (Å²) in [6.07, 6.45) is -48.3. The number of hydrogen-bond acceptors (Lipinski definition) is 0. The third-order valence-electron chi connectivity index (χ3n) is 0.688. The summed E-state index contributed by atoms with van der Waals surface area (Å²) in [6.45, 7) is -3.52. The standard InChI is InChI=1S/C13H28/c1-3-5-7-9-11-13-12-10-8-6-4-2/h3-13H2,1-2H3/i1D3,3D2,4D2,5D2,6D2,7D2,8D2,9D2,10D2,11D2,12D2,13D2. The van der Waals surface area contributed by atoms with Gasteiger partial charge in [-0.2, -0.15) is 0 Å². The van der Waals surface area contributed by atoms with Crippen LogP contribution in [-0.4, -0.2) is 0 Å². The molecular weight excluding hydrogens is 156 g/mol. The Kier molecular flexibility index (Phi) is 1.26. The van der Waals surface area contributed by atoms with Crippen molar-refractivity contribution in [1.29, 1.82) is 0 Å². The Balaban J connectivity index is 7.29. The molecule has 0 unspecified atom stereocenters. The summed E-state index contributed by atoms with van der Waals surface area (Å²) < 4.78 is 194. The first-order chi connectivity index (χ1) is 15.8. The third-order valence-corrected chi connectivity index (χ3v) is 0.688. The van der Waals surface area contributed by atoms with Gasteiger partial charge in [0.2, 0.25) is 0 Å². The lowest BCUT2D eigenvalue weighted by molar-refractivity contribution is 0.554. The lowest BCUT2D eigenvalue weighted by Gasteiger charge is -2.00. The Morgan fingerprint density at radius 1 is 0.692 bits per heavy atom. The molecular formula is C13H28. The zero-order valence-corrected chi connectivity index (χ0v) is 7.00. The van der Waals surface area contributed by atoms with Crippen molar-refractivity contribution in [3.05, 3.63) is 0 Å². The highest BCUT2D eigenvalue weighted by Crippen LogP contribution is 2.10. The van der Waals surface area contributed by atoms with Crippen molar-refractivity contribution in [2.24, 2.45) is 0 Å². The van der Waals surface area contributed by atoms with Gasteiger partial charge in [-0.3, -0.25) is 0 Å². The first-order valence-corrected chi connectivity index (χ1v) is 3.25. The summed E-state index contributed by atoms with van der Waals surface area (Å²) in [6, 6.07) is 0. The first-order valence-electron chi connectivity index (χ1n) is 15.8. The average molecular weight is 210 g/mol. The summed E-state index contributed by atoms with van der Waals surface area (Å²) >= 11 is 0. The molecule has 0 aromatic carbocycles. The largest absolute Gasteiger partial charge is 0.0654 e. The van der Waals surface area contributed by atoms with Crippen molar-refractivity contribution in [2.75, 3.05) is 0 Å².